The van der Waals surface area contributed by atoms with E-state index in [2.05, 4.69) is 6.92 Å². The molecule has 204 valence electrons. The minimum Gasteiger partial charge on any atom is -0.493 e. The number of hydrogen-bond donors (Lipinski definition) is 0. The van der Waals surface area contributed by atoms with Crippen LogP contribution in [0.1, 0.15) is 55.7 Å². The molecule has 0 radical (unpaired) electrons. The fourth-order valence-electron chi connectivity index (χ4n) is 6.15. The second kappa shape index (κ2) is 10.7. The van der Waals surface area contributed by atoms with E-state index < -0.39 is 23.1 Å². The predicted molar refractivity (Wildman–Crippen MR) is 144 cm³/mol. The summed E-state index contributed by atoms with van der Waals surface area (Å²) in [6, 6.07) is 17.2. The van der Waals surface area contributed by atoms with Crippen LogP contribution in [0.15, 0.2) is 88.9 Å². The lowest BCUT2D eigenvalue weighted by Crippen LogP contribution is -2.36. The lowest BCUT2D eigenvalue weighted by Gasteiger charge is -2.34. The van der Waals surface area contributed by atoms with E-state index in [0.29, 0.717) is 35.7 Å². The molecule has 39 heavy (non-hydrogen) atoms. The Labute approximate surface area is 229 Å². The molecule has 7 heteroatoms. The van der Waals surface area contributed by atoms with Crippen molar-refractivity contribution in [3.63, 3.8) is 0 Å². The highest BCUT2D eigenvalue weighted by molar-refractivity contribution is 6.07. The first kappa shape index (κ1) is 26.8. The van der Waals surface area contributed by atoms with Crippen molar-refractivity contribution in [3.8, 4) is 0 Å². The summed E-state index contributed by atoms with van der Waals surface area (Å²) >= 11 is 0. The number of unbranched alkanes of at least 4 members (excludes halogenated alkanes) is 1. The highest BCUT2D eigenvalue weighted by Crippen LogP contribution is 2.67. The van der Waals surface area contributed by atoms with Crippen LogP contribution in [0.25, 0.3) is 0 Å². The lowest BCUT2D eigenvalue weighted by atomic mass is 9.67. The maximum absolute atomic E-state index is 13.8. The summed E-state index contributed by atoms with van der Waals surface area (Å²) in [5.41, 5.74) is 0.315. The number of esters is 2. The lowest BCUT2D eigenvalue weighted by molar-refractivity contribution is -0.139. The fourth-order valence-corrected chi connectivity index (χ4v) is 6.15. The van der Waals surface area contributed by atoms with Gasteiger partial charge in [0.1, 0.15) is 0 Å². The molecule has 0 N–H and O–H groups in total. The SMILES string of the molecule is CCCC/C(=C(/OC)C1=CCCCO1)C12OC(c3ccccc3)(C(C(=O)OC)=C1C(=O)OC)c1ccccc12. The standard InChI is InChI=1S/C32H34O7/c1-5-6-16-24(28(35-2)25-19-12-13-20-38-25)32-23-18-11-10-17-22(23)31(39-32,21-14-8-7-9-15-21)26(29(33)36-3)27(32)30(34)37-4/h7-11,14-15,17-19H,5-6,12-13,16,20H2,1-4H3/b28-24-. The Morgan fingerprint density at radius 2 is 1.54 bits per heavy atom. The summed E-state index contributed by atoms with van der Waals surface area (Å²) in [4.78, 5) is 27.5. The zero-order chi connectivity index (χ0) is 27.6. The van der Waals surface area contributed by atoms with Crippen LogP contribution >= 0.6 is 0 Å². The summed E-state index contributed by atoms with van der Waals surface area (Å²) in [5, 5.41) is 0. The summed E-state index contributed by atoms with van der Waals surface area (Å²) < 4.78 is 30.0. The van der Waals surface area contributed by atoms with Crippen LogP contribution in [0, 0.1) is 0 Å². The minimum atomic E-state index is -1.47. The van der Waals surface area contributed by atoms with E-state index >= 15 is 0 Å². The molecule has 3 aliphatic rings. The quantitative estimate of drug-likeness (QED) is 0.309. The first-order valence-corrected chi connectivity index (χ1v) is 13.4. The maximum atomic E-state index is 13.8. The van der Waals surface area contributed by atoms with Crippen LogP contribution in [-0.2, 0) is 44.5 Å². The Bertz CT molecular complexity index is 1370. The van der Waals surface area contributed by atoms with Crippen molar-refractivity contribution in [1.82, 2.24) is 0 Å². The summed E-state index contributed by atoms with van der Waals surface area (Å²) in [7, 11) is 4.22. The van der Waals surface area contributed by atoms with E-state index in [0.717, 1.165) is 36.8 Å². The molecule has 2 aromatic rings. The Balaban J connectivity index is 1.95. The van der Waals surface area contributed by atoms with Gasteiger partial charge in [0, 0.05) is 5.57 Å². The van der Waals surface area contributed by atoms with Crippen molar-refractivity contribution in [1.29, 1.82) is 0 Å². The van der Waals surface area contributed by atoms with Gasteiger partial charge >= 0.3 is 11.9 Å². The number of benzene rings is 2. The number of ether oxygens (including phenoxy) is 5. The van der Waals surface area contributed by atoms with Crippen LogP contribution < -0.4 is 0 Å². The van der Waals surface area contributed by atoms with Gasteiger partial charge in [0.05, 0.1) is 39.1 Å². The second-order valence-corrected chi connectivity index (χ2v) is 9.78. The zero-order valence-corrected chi connectivity index (χ0v) is 22.9. The van der Waals surface area contributed by atoms with E-state index in [4.69, 9.17) is 23.7 Å². The van der Waals surface area contributed by atoms with Gasteiger partial charge in [-0.1, -0.05) is 67.9 Å². The molecule has 2 bridgehead atoms. The van der Waals surface area contributed by atoms with Gasteiger partial charge in [-0.2, -0.15) is 0 Å². The van der Waals surface area contributed by atoms with Gasteiger partial charge < -0.3 is 23.7 Å². The molecule has 0 amide bonds. The maximum Gasteiger partial charge on any atom is 0.338 e. The van der Waals surface area contributed by atoms with Crippen LogP contribution in [0.5, 0.6) is 0 Å². The third kappa shape index (κ3) is 3.90. The Morgan fingerprint density at radius 1 is 0.872 bits per heavy atom. The van der Waals surface area contributed by atoms with Gasteiger partial charge in [-0.05, 0) is 48.4 Å². The molecule has 0 aliphatic carbocycles. The topological polar surface area (TPSA) is 80.3 Å². The number of fused-ring (bicyclic) bond motifs is 5. The van der Waals surface area contributed by atoms with Gasteiger partial charge in [0.25, 0.3) is 0 Å². The monoisotopic (exact) mass is 530 g/mol. The van der Waals surface area contributed by atoms with Crippen molar-refractivity contribution < 1.29 is 33.3 Å². The Kier molecular flexibility index (Phi) is 7.36. The summed E-state index contributed by atoms with van der Waals surface area (Å²) in [6.45, 7) is 2.66. The largest absolute Gasteiger partial charge is 0.493 e. The smallest absolute Gasteiger partial charge is 0.338 e. The first-order valence-electron chi connectivity index (χ1n) is 13.4. The second-order valence-electron chi connectivity index (χ2n) is 9.78. The highest BCUT2D eigenvalue weighted by atomic mass is 16.6. The average Bonchev–Trinajstić information content (AvgIpc) is 3.48. The molecule has 0 fully saturated rings. The van der Waals surface area contributed by atoms with Crippen LogP contribution in [0.2, 0.25) is 0 Å². The van der Waals surface area contributed by atoms with Gasteiger partial charge in [0.2, 0.25) is 0 Å². The van der Waals surface area contributed by atoms with Crippen LogP contribution in [0.4, 0.5) is 0 Å². The van der Waals surface area contributed by atoms with E-state index in [1.165, 1.54) is 14.2 Å². The van der Waals surface area contributed by atoms with Crippen molar-refractivity contribution >= 4 is 11.9 Å². The van der Waals surface area contributed by atoms with Gasteiger partial charge in [-0.25, -0.2) is 9.59 Å². The summed E-state index contributed by atoms with van der Waals surface area (Å²) in [5.74, 6) is -0.198. The van der Waals surface area contributed by atoms with Crippen molar-refractivity contribution in [2.75, 3.05) is 27.9 Å². The number of hydrogen-bond acceptors (Lipinski definition) is 7. The van der Waals surface area contributed by atoms with Gasteiger partial charge in [-0.3, -0.25) is 0 Å². The number of carbonyl (C=O) groups excluding carboxylic acids is 2. The molecular weight excluding hydrogens is 496 g/mol. The highest BCUT2D eigenvalue weighted by Gasteiger charge is 2.70. The molecule has 2 aromatic carbocycles. The van der Waals surface area contributed by atoms with Crippen LogP contribution in [-0.4, -0.2) is 39.9 Å². The van der Waals surface area contributed by atoms with Crippen molar-refractivity contribution in [2.24, 2.45) is 0 Å². The summed E-state index contributed by atoms with van der Waals surface area (Å²) in [6.07, 6.45) is 5.98. The van der Waals surface area contributed by atoms with E-state index in [1.54, 1.807) is 7.11 Å². The van der Waals surface area contributed by atoms with E-state index in [9.17, 15) is 9.59 Å². The molecular formula is C32H34O7. The average molecular weight is 531 g/mol. The molecule has 0 spiro atoms. The molecule has 3 heterocycles. The first-order chi connectivity index (χ1) is 19.0. The molecule has 2 atom stereocenters. The third-order valence-electron chi connectivity index (χ3n) is 7.75. The van der Waals surface area contributed by atoms with Crippen molar-refractivity contribution in [2.45, 2.75) is 50.2 Å². The normalized spacial score (nSPS) is 23.8. The minimum absolute atomic E-state index is 0.108. The molecule has 2 unspecified atom stereocenters. The van der Waals surface area contributed by atoms with Crippen molar-refractivity contribution in [3.05, 3.63) is 106 Å². The van der Waals surface area contributed by atoms with Gasteiger partial charge in [-0.15, -0.1) is 0 Å². The Morgan fingerprint density at radius 3 is 2.15 bits per heavy atom. The molecule has 0 saturated heterocycles. The number of carbonyl (C=O) groups is 2. The molecule has 3 aliphatic heterocycles. The molecule has 0 saturated carbocycles. The van der Waals surface area contributed by atoms with Crippen LogP contribution in [0.3, 0.4) is 0 Å². The number of methoxy groups -OCH3 is 3. The van der Waals surface area contributed by atoms with E-state index in [1.807, 2.05) is 60.7 Å². The zero-order valence-electron chi connectivity index (χ0n) is 22.9. The number of rotatable bonds is 9. The molecule has 5 rings (SSSR count). The van der Waals surface area contributed by atoms with E-state index in [-0.39, 0.29) is 11.1 Å². The number of allylic oxidation sites excluding steroid dienone is 1. The Hall–Kier alpha value is -3.84. The fraction of sp³-hybridized carbons (Fsp3) is 0.375. The predicted octanol–water partition coefficient (Wildman–Crippen LogP) is 5.60. The van der Waals surface area contributed by atoms with Gasteiger partial charge in [0.15, 0.2) is 22.7 Å². The third-order valence-corrected chi connectivity index (χ3v) is 7.75. The molecule has 7 nitrogen and oxygen atoms in total. The molecule has 0 aromatic heterocycles.